The van der Waals surface area contributed by atoms with Crippen LogP contribution in [0, 0.1) is 5.82 Å². The minimum Gasteiger partial charge on any atom is -0.490 e. The number of rotatable bonds is 6. The highest BCUT2D eigenvalue weighted by atomic mass is 35.5. The van der Waals surface area contributed by atoms with Crippen molar-refractivity contribution in [2.45, 2.75) is 31.7 Å². The summed E-state index contributed by atoms with van der Waals surface area (Å²) in [6, 6.07) is 18.4. The molecule has 0 spiro atoms. The number of halogens is 2. The van der Waals surface area contributed by atoms with Crippen molar-refractivity contribution in [3.8, 4) is 17.2 Å². The van der Waals surface area contributed by atoms with Crippen molar-refractivity contribution >= 4 is 29.3 Å². The first kappa shape index (κ1) is 25.7. The molecule has 1 N–H and O–H groups in total. The number of amides is 2. The number of fused-ring (bicyclic) bond motifs is 1. The fraction of sp³-hybridized carbons (Fsp3) is 0.286. The summed E-state index contributed by atoms with van der Waals surface area (Å²) in [5, 5.41) is 10.1. The van der Waals surface area contributed by atoms with E-state index in [4.69, 9.17) is 25.8 Å². The first-order valence-corrected chi connectivity index (χ1v) is 12.6. The highest BCUT2D eigenvalue weighted by Gasteiger charge is 2.38. The van der Waals surface area contributed by atoms with Crippen LogP contribution in [0.3, 0.4) is 0 Å². The molecular weight excluding hydrogens is 515 g/mol. The van der Waals surface area contributed by atoms with Gasteiger partial charge in [0.05, 0.1) is 17.3 Å². The van der Waals surface area contributed by atoms with Crippen LogP contribution in [0.4, 0.5) is 14.9 Å². The van der Waals surface area contributed by atoms with Crippen LogP contribution in [-0.4, -0.2) is 53.8 Å². The highest BCUT2D eigenvalue weighted by Crippen LogP contribution is 2.41. The molecule has 0 saturated carbocycles. The van der Waals surface area contributed by atoms with Crippen molar-refractivity contribution < 1.29 is 33.3 Å². The zero-order valence-corrected chi connectivity index (χ0v) is 21.1. The summed E-state index contributed by atoms with van der Waals surface area (Å²) >= 11 is 6.39. The molecule has 10 heteroatoms. The first-order chi connectivity index (χ1) is 18.4. The molecule has 0 aliphatic carbocycles. The lowest BCUT2D eigenvalue weighted by Crippen LogP contribution is -2.53. The Labute approximate surface area is 224 Å². The maximum Gasteiger partial charge on any atom is 0.412 e. The minimum atomic E-state index is -1.22. The second-order valence-electron chi connectivity index (χ2n) is 9.12. The van der Waals surface area contributed by atoms with Gasteiger partial charge in [0.2, 0.25) is 0 Å². The Morgan fingerprint density at radius 3 is 2.45 bits per heavy atom. The number of nitrogens with zero attached hydrogens (tertiary/aromatic N) is 2. The molecule has 1 saturated heterocycles. The summed E-state index contributed by atoms with van der Waals surface area (Å²) in [6.45, 7) is 0.958. The molecule has 2 aliphatic heterocycles. The zero-order chi connectivity index (χ0) is 26.6. The Hall–Kier alpha value is -3.98. The van der Waals surface area contributed by atoms with Crippen LogP contribution >= 0.6 is 11.6 Å². The monoisotopic (exact) mass is 540 g/mol. The molecule has 1 unspecified atom stereocenters. The van der Waals surface area contributed by atoms with Crippen LogP contribution in [0.25, 0.3) is 0 Å². The predicted molar refractivity (Wildman–Crippen MR) is 139 cm³/mol. The SMILES string of the molecule is O=C(C1CN(C(=O)O)c2cc(Cl)c(OCc3ccccc3)cc2O1)N1CCC(Oc2ccc(F)cc2)CC1. The number of benzene rings is 3. The second kappa shape index (κ2) is 11.2. The zero-order valence-electron chi connectivity index (χ0n) is 20.4. The van der Waals surface area contributed by atoms with Crippen LogP contribution in [0.2, 0.25) is 5.02 Å². The standard InChI is InChI=1S/C28H26ClFN2O6/c29-22-14-23-25(15-24(22)36-17-18-4-2-1-3-5-18)38-26(16-32(23)28(34)35)27(33)31-12-10-21(11-13-31)37-20-8-6-19(30)7-9-20/h1-9,14-15,21,26H,10-13,16-17H2,(H,34,35). The quantitative estimate of drug-likeness (QED) is 0.452. The van der Waals surface area contributed by atoms with E-state index in [9.17, 15) is 19.1 Å². The highest BCUT2D eigenvalue weighted by molar-refractivity contribution is 6.32. The van der Waals surface area contributed by atoms with Crippen molar-refractivity contribution in [1.29, 1.82) is 0 Å². The van der Waals surface area contributed by atoms with E-state index in [-0.39, 0.29) is 47.4 Å². The maximum atomic E-state index is 13.3. The van der Waals surface area contributed by atoms with Crippen LogP contribution in [0.1, 0.15) is 18.4 Å². The number of carbonyl (C=O) groups is 2. The van der Waals surface area contributed by atoms with Gasteiger partial charge < -0.3 is 24.2 Å². The second-order valence-corrected chi connectivity index (χ2v) is 9.53. The van der Waals surface area contributed by atoms with E-state index in [1.54, 1.807) is 17.0 Å². The largest absolute Gasteiger partial charge is 0.490 e. The molecule has 1 fully saturated rings. The average molecular weight is 541 g/mol. The molecule has 3 aromatic rings. The fourth-order valence-corrected chi connectivity index (χ4v) is 4.76. The Kier molecular flexibility index (Phi) is 7.55. The first-order valence-electron chi connectivity index (χ1n) is 12.3. The van der Waals surface area contributed by atoms with Gasteiger partial charge in [-0.1, -0.05) is 41.9 Å². The predicted octanol–water partition coefficient (Wildman–Crippen LogP) is 5.37. The van der Waals surface area contributed by atoms with E-state index in [0.717, 1.165) is 10.5 Å². The van der Waals surface area contributed by atoms with E-state index in [0.29, 0.717) is 37.4 Å². The maximum absolute atomic E-state index is 13.3. The third-order valence-electron chi connectivity index (χ3n) is 6.54. The van der Waals surface area contributed by atoms with Gasteiger partial charge in [-0.3, -0.25) is 9.69 Å². The number of hydrogen-bond acceptors (Lipinski definition) is 5. The molecule has 2 aliphatic rings. The molecule has 3 aromatic carbocycles. The molecule has 2 heterocycles. The van der Waals surface area contributed by atoms with Gasteiger partial charge >= 0.3 is 6.09 Å². The smallest absolute Gasteiger partial charge is 0.412 e. The lowest BCUT2D eigenvalue weighted by Gasteiger charge is -2.37. The number of hydrogen-bond donors (Lipinski definition) is 1. The van der Waals surface area contributed by atoms with Crippen LogP contribution in [0.5, 0.6) is 17.2 Å². The summed E-state index contributed by atoms with van der Waals surface area (Å²) in [6.07, 6.45) is -1.17. The van der Waals surface area contributed by atoms with Crippen molar-refractivity contribution in [2.24, 2.45) is 0 Å². The summed E-state index contributed by atoms with van der Waals surface area (Å²) in [5.74, 6) is 0.470. The number of ether oxygens (including phenoxy) is 3. The molecule has 0 bridgehead atoms. The Morgan fingerprint density at radius 2 is 1.76 bits per heavy atom. The van der Waals surface area contributed by atoms with Gasteiger partial charge in [0, 0.05) is 32.0 Å². The molecule has 0 radical (unpaired) electrons. The molecule has 8 nitrogen and oxygen atoms in total. The number of piperidine rings is 1. The van der Waals surface area contributed by atoms with Gasteiger partial charge in [-0.2, -0.15) is 0 Å². The van der Waals surface area contributed by atoms with Crippen LogP contribution < -0.4 is 19.1 Å². The van der Waals surface area contributed by atoms with Gasteiger partial charge in [0.1, 0.15) is 35.8 Å². The number of likely N-dealkylation sites (tertiary alicyclic amines) is 1. The minimum absolute atomic E-state index is 0.112. The molecular formula is C28H26ClFN2O6. The van der Waals surface area contributed by atoms with Crippen LogP contribution in [0.15, 0.2) is 66.7 Å². The van der Waals surface area contributed by atoms with Crippen molar-refractivity contribution in [2.75, 3.05) is 24.5 Å². The number of carbonyl (C=O) groups excluding carboxylic acids is 1. The Morgan fingerprint density at radius 1 is 1.05 bits per heavy atom. The third-order valence-corrected chi connectivity index (χ3v) is 6.83. The van der Waals surface area contributed by atoms with Gasteiger partial charge in [0.15, 0.2) is 6.10 Å². The fourth-order valence-electron chi connectivity index (χ4n) is 4.54. The number of anilines is 1. The Balaban J connectivity index is 1.25. The normalized spacial score (nSPS) is 17.4. The average Bonchev–Trinajstić information content (AvgIpc) is 2.93. The summed E-state index contributed by atoms with van der Waals surface area (Å²) in [4.78, 5) is 28.1. The summed E-state index contributed by atoms with van der Waals surface area (Å²) in [5.41, 5.74) is 1.19. The van der Waals surface area contributed by atoms with E-state index < -0.39 is 12.2 Å². The lowest BCUT2D eigenvalue weighted by molar-refractivity contribution is -0.140. The van der Waals surface area contributed by atoms with Crippen molar-refractivity contribution in [3.63, 3.8) is 0 Å². The molecule has 198 valence electrons. The summed E-state index contributed by atoms with van der Waals surface area (Å²) in [7, 11) is 0. The number of carboxylic acid groups (broad SMARTS) is 1. The van der Waals surface area contributed by atoms with E-state index >= 15 is 0 Å². The lowest BCUT2D eigenvalue weighted by atomic mass is 10.1. The van der Waals surface area contributed by atoms with Gasteiger partial charge in [-0.15, -0.1) is 0 Å². The van der Waals surface area contributed by atoms with Gasteiger partial charge in [-0.25, -0.2) is 9.18 Å². The third kappa shape index (κ3) is 5.78. The van der Waals surface area contributed by atoms with Crippen molar-refractivity contribution in [1.82, 2.24) is 4.90 Å². The molecule has 5 rings (SSSR count). The molecule has 2 amide bonds. The summed E-state index contributed by atoms with van der Waals surface area (Å²) < 4.78 is 30.9. The van der Waals surface area contributed by atoms with E-state index in [1.165, 1.54) is 24.3 Å². The van der Waals surface area contributed by atoms with E-state index in [2.05, 4.69) is 0 Å². The van der Waals surface area contributed by atoms with Gasteiger partial charge in [-0.05, 0) is 35.9 Å². The topological polar surface area (TPSA) is 88.5 Å². The molecule has 1 atom stereocenters. The van der Waals surface area contributed by atoms with Gasteiger partial charge in [0.25, 0.3) is 5.91 Å². The Bertz CT molecular complexity index is 1300. The molecule has 0 aromatic heterocycles. The van der Waals surface area contributed by atoms with Crippen molar-refractivity contribution in [3.05, 3.63) is 83.1 Å². The molecule has 38 heavy (non-hydrogen) atoms. The van der Waals surface area contributed by atoms with E-state index in [1.807, 2.05) is 30.3 Å². The van der Waals surface area contributed by atoms with Crippen LogP contribution in [-0.2, 0) is 11.4 Å².